The number of hydrogen-bond donors (Lipinski definition) is 1. The lowest BCUT2D eigenvalue weighted by Crippen LogP contribution is -2.21. The first-order valence-corrected chi connectivity index (χ1v) is 8.04. The molecule has 1 N–H and O–H groups in total. The van der Waals surface area contributed by atoms with Gasteiger partial charge < -0.3 is 10.0 Å². The van der Waals surface area contributed by atoms with E-state index in [1.165, 1.54) is 5.57 Å². The van der Waals surface area contributed by atoms with Crippen LogP contribution in [0.3, 0.4) is 0 Å². The summed E-state index contributed by atoms with van der Waals surface area (Å²) in [6.45, 7) is 5.62. The number of phenolic OH excluding ortho intramolecular Hbond substituents is 1. The highest BCUT2D eigenvalue weighted by Crippen LogP contribution is 2.32. The van der Waals surface area contributed by atoms with E-state index >= 15 is 0 Å². The van der Waals surface area contributed by atoms with Gasteiger partial charge in [0, 0.05) is 37.5 Å². The Balaban J connectivity index is 1.60. The zero-order chi connectivity index (χ0) is 17.4. The van der Waals surface area contributed by atoms with Gasteiger partial charge in [-0.1, -0.05) is 18.2 Å². The summed E-state index contributed by atoms with van der Waals surface area (Å²) in [5, 5.41) is 23.0. The molecule has 7 heteroatoms. The zero-order valence-electron chi connectivity index (χ0n) is 13.9. The SMILES string of the molecule is C=C1CCN(c2ncc(-c3ccc(-c4cnn(C)c4)cc3O)nn2)C1. The Morgan fingerprint density at radius 2 is 2.04 bits per heavy atom. The predicted octanol–water partition coefficient (Wildman–Crippen LogP) is 2.41. The van der Waals surface area contributed by atoms with Crippen molar-refractivity contribution >= 4 is 5.95 Å². The predicted molar refractivity (Wildman–Crippen MR) is 95.1 cm³/mol. The van der Waals surface area contributed by atoms with E-state index in [9.17, 15) is 5.11 Å². The van der Waals surface area contributed by atoms with Gasteiger partial charge >= 0.3 is 0 Å². The summed E-state index contributed by atoms with van der Waals surface area (Å²) in [5.74, 6) is 0.730. The van der Waals surface area contributed by atoms with Crippen molar-refractivity contribution in [3.63, 3.8) is 0 Å². The van der Waals surface area contributed by atoms with Crippen LogP contribution in [0.2, 0.25) is 0 Å². The molecule has 0 unspecified atom stereocenters. The number of anilines is 1. The van der Waals surface area contributed by atoms with Gasteiger partial charge in [0.25, 0.3) is 0 Å². The summed E-state index contributed by atoms with van der Waals surface area (Å²) in [7, 11) is 1.86. The van der Waals surface area contributed by atoms with Crippen LogP contribution in [0.1, 0.15) is 6.42 Å². The quantitative estimate of drug-likeness (QED) is 0.741. The zero-order valence-corrected chi connectivity index (χ0v) is 13.9. The van der Waals surface area contributed by atoms with Gasteiger partial charge in [0.05, 0.1) is 12.4 Å². The van der Waals surface area contributed by atoms with Crippen molar-refractivity contribution < 1.29 is 5.11 Å². The molecule has 4 rings (SSSR count). The Hall–Kier alpha value is -3.22. The topological polar surface area (TPSA) is 80.0 Å². The summed E-state index contributed by atoms with van der Waals surface area (Å²) >= 11 is 0. The minimum Gasteiger partial charge on any atom is -0.507 e. The van der Waals surface area contributed by atoms with Gasteiger partial charge in [-0.2, -0.15) is 5.10 Å². The molecule has 1 saturated heterocycles. The normalized spacial score (nSPS) is 14.3. The molecular formula is C18H18N6O. The highest BCUT2D eigenvalue weighted by molar-refractivity contribution is 5.73. The van der Waals surface area contributed by atoms with Crippen molar-refractivity contribution in [3.05, 3.63) is 48.9 Å². The number of aromatic hydroxyl groups is 1. The van der Waals surface area contributed by atoms with Gasteiger partial charge in [-0.3, -0.25) is 4.68 Å². The van der Waals surface area contributed by atoms with Crippen molar-refractivity contribution in [2.24, 2.45) is 7.05 Å². The number of aromatic nitrogens is 5. The molecule has 0 radical (unpaired) electrons. The van der Waals surface area contributed by atoms with Crippen molar-refractivity contribution in [3.8, 4) is 28.1 Å². The van der Waals surface area contributed by atoms with E-state index in [1.807, 2.05) is 30.3 Å². The second-order valence-corrected chi connectivity index (χ2v) is 6.20. The van der Waals surface area contributed by atoms with E-state index in [2.05, 4.69) is 26.9 Å². The Morgan fingerprint density at radius 1 is 1.16 bits per heavy atom. The van der Waals surface area contributed by atoms with Crippen LogP contribution in [0.15, 0.2) is 48.9 Å². The lowest BCUT2D eigenvalue weighted by atomic mass is 10.0. The Morgan fingerprint density at radius 3 is 2.64 bits per heavy atom. The molecule has 7 nitrogen and oxygen atoms in total. The molecule has 0 saturated carbocycles. The van der Waals surface area contributed by atoms with Crippen LogP contribution in [0.5, 0.6) is 5.75 Å². The molecular weight excluding hydrogens is 316 g/mol. The van der Waals surface area contributed by atoms with Crippen LogP contribution in [-0.4, -0.2) is 43.2 Å². The average molecular weight is 334 g/mol. The third-order valence-corrected chi connectivity index (χ3v) is 4.29. The molecule has 1 fully saturated rings. The molecule has 1 aliphatic heterocycles. The molecule has 3 heterocycles. The maximum absolute atomic E-state index is 10.4. The largest absolute Gasteiger partial charge is 0.507 e. The maximum atomic E-state index is 10.4. The van der Waals surface area contributed by atoms with Gasteiger partial charge in [0.1, 0.15) is 11.4 Å². The number of benzene rings is 1. The monoisotopic (exact) mass is 334 g/mol. The minimum atomic E-state index is 0.139. The first-order valence-electron chi connectivity index (χ1n) is 8.04. The van der Waals surface area contributed by atoms with Gasteiger partial charge in [-0.25, -0.2) is 4.98 Å². The van der Waals surface area contributed by atoms with E-state index < -0.39 is 0 Å². The molecule has 0 amide bonds. The fraction of sp³-hybridized carbons (Fsp3) is 0.222. The smallest absolute Gasteiger partial charge is 0.245 e. The molecule has 1 aliphatic rings. The summed E-state index contributed by atoms with van der Waals surface area (Å²) in [6, 6.07) is 5.44. The van der Waals surface area contributed by atoms with Crippen molar-refractivity contribution in [1.82, 2.24) is 25.0 Å². The van der Waals surface area contributed by atoms with E-state index in [0.717, 1.165) is 30.6 Å². The first-order chi connectivity index (χ1) is 12.1. The maximum Gasteiger partial charge on any atom is 0.245 e. The highest BCUT2D eigenvalue weighted by Gasteiger charge is 2.18. The third-order valence-electron chi connectivity index (χ3n) is 4.29. The van der Waals surface area contributed by atoms with Crippen LogP contribution < -0.4 is 4.90 Å². The fourth-order valence-electron chi connectivity index (χ4n) is 2.93. The fourth-order valence-corrected chi connectivity index (χ4v) is 2.93. The van der Waals surface area contributed by atoms with Gasteiger partial charge in [0.15, 0.2) is 0 Å². The summed E-state index contributed by atoms with van der Waals surface area (Å²) in [5.41, 5.74) is 4.15. The van der Waals surface area contributed by atoms with Crippen molar-refractivity contribution in [2.45, 2.75) is 6.42 Å². The first kappa shape index (κ1) is 15.3. The number of rotatable bonds is 3. The third kappa shape index (κ3) is 2.96. The summed E-state index contributed by atoms with van der Waals surface area (Å²) < 4.78 is 1.72. The molecule has 0 spiro atoms. The minimum absolute atomic E-state index is 0.139. The van der Waals surface area contributed by atoms with E-state index in [4.69, 9.17) is 0 Å². The lowest BCUT2D eigenvalue weighted by molar-refractivity contribution is 0.477. The average Bonchev–Trinajstić information content (AvgIpc) is 3.24. The van der Waals surface area contributed by atoms with Gasteiger partial charge in [-0.05, 0) is 24.1 Å². The van der Waals surface area contributed by atoms with Crippen LogP contribution >= 0.6 is 0 Å². The molecule has 25 heavy (non-hydrogen) atoms. The van der Waals surface area contributed by atoms with Crippen LogP contribution in [0.25, 0.3) is 22.4 Å². The second kappa shape index (κ2) is 6.01. The van der Waals surface area contributed by atoms with Crippen LogP contribution in [0, 0.1) is 0 Å². The van der Waals surface area contributed by atoms with Crippen LogP contribution in [0.4, 0.5) is 5.95 Å². The molecule has 2 aromatic heterocycles. The van der Waals surface area contributed by atoms with Gasteiger partial charge in [0.2, 0.25) is 5.95 Å². The van der Waals surface area contributed by atoms with E-state index in [-0.39, 0.29) is 5.75 Å². The van der Waals surface area contributed by atoms with Crippen molar-refractivity contribution in [1.29, 1.82) is 0 Å². The van der Waals surface area contributed by atoms with Crippen LogP contribution in [-0.2, 0) is 7.05 Å². The standard InChI is InChI=1S/C18H18N6O/c1-12-5-6-24(10-12)18-19-9-16(21-22-18)15-4-3-13(7-17(15)25)14-8-20-23(2)11-14/h3-4,7-9,11,25H,1,5-6,10H2,2H3. The number of phenols is 1. The number of nitrogens with zero attached hydrogens (tertiary/aromatic N) is 6. The Kier molecular flexibility index (Phi) is 3.68. The number of aryl methyl sites for hydroxylation is 1. The number of hydrogen-bond acceptors (Lipinski definition) is 6. The van der Waals surface area contributed by atoms with Gasteiger partial charge in [-0.15, -0.1) is 10.2 Å². The second-order valence-electron chi connectivity index (χ2n) is 6.20. The molecule has 0 atom stereocenters. The van der Waals surface area contributed by atoms with E-state index in [1.54, 1.807) is 23.1 Å². The molecule has 0 aliphatic carbocycles. The summed E-state index contributed by atoms with van der Waals surface area (Å²) in [4.78, 5) is 6.43. The van der Waals surface area contributed by atoms with Crippen molar-refractivity contribution in [2.75, 3.05) is 18.0 Å². The molecule has 3 aromatic rings. The Bertz CT molecular complexity index is 931. The molecule has 1 aromatic carbocycles. The molecule has 0 bridgehead atoms. The van der Waals surface area contributed by atoms with E-state index in [0.29, 0.717) is 17.2 Å². The lowest BCUT2D eigenvalue weighted by Gasteiger charge is -2.14. The summed E-state index contributed by atoms with van der Waals surface area (Å²) in [6.07, 6.45) is 6.26. The Labute approximate surface area is 145 Å². The molecule has 126 valence electrons. The highest BCUT2D eigenvalue weighted by atomic mass is 16.3.